The van der Waals surface area contributed by atoms with Crippen molar-refractivity contribution in [3.8, 4) is 22.3 Å². The Morgan fingerprint density at radius 1 is 0.308 bits per heavy atom. The first-order valence-corrected chi connectivity index (χ1v) is 27.4. The molecular weight excluding hydrogens is 969 g/mol. The molecule has 3 aromatic heterocycles. The van der Waals surface area contributed by atoms with Crippen LogP contribution in [0.15, 0.2) is 288 Å². The lowest BCUT2D eigenvalue weighted by atomic mass is 9.67. The normalized spacial score (nSPS) is 12.7. The first-order chi connectivity index (χ1) is 38.7. The number of hydrogen-bond acceptors (Lipinski definition) is 5. The predicted molar refractivity (Wildman–Crippen MR) is 326 cm³/mol. The first-order valence-electron chi connectivity index (χ1n) is 26.6. The summed E-state index contributed by atoms with van der Waals surface area (Å²) in [5.41, 5.74) is 18.2. The van der Waals surface area contributed by atoms with Crippen molar-refractivity contribution >= 4 is 110 Å². The van der Waals surface area contributed by atoms with Crippen molar-refractivity contribution in [1.82, 2.24) is 0 Å². The highest BCUT2D eigenvalue weighted by Gasteiger charge is 2.46. The maximum atomic E-state index is 6.98. The van der Waals surface area contributed by atoms with E-state index in [1.807, 2.05) is 12.1 Å². The van der Waals surface area contributed by atoms with Gasteiger partial charge in [0.05, 0.1) is 11.1 Å². The Bertz CT molecular complexity index is 4770. The highest BCUT2D eigenvalue weighted by atomic mass is 32.1. The monoisotopic (exact) mass is 1010 g/mol. The van der Waals surface area contributed by atoms with Crippen LogP contribution in [0.1, 0.15) is 22.3 Å². The molecule has 0 bridgehead atoms. The summed E-state index contributed by atoms with van der Waals surface area (Å²) >= 11 is 1.74. The van der Waals surface area contributed by atoms with E-state index in [1.54, 1.807) is 11.3 Å². The fourth-order valence-electron chi connectivity index (χ4n) is 12.9. The molecule has 366 valence electrons. The van der Waals surface area contributed by atoms with E-state index in [-0.39, 0.29) is 0 Å². The van der Waals surface area contributed by atoms with E-state index in [1.165, 1.54) is 48.9 Å². The van der Waals surface area contributed by atoms with Gasteiger partial charge in [0.1, 0.15) is 16.7 Å². The summed E-state index contributed by atoms with van der Waals surface area (Å²) in [6.07, 6.45) is 0. The second-order valence-corrected chi connectivity index (χ2v) is 21.3. The van der Waals surface area contributed by atoms with Crippen LogP contribution in [-0.2, 0) is 5.41 Å². The molecule has 78 heavy (non-hydrogen) atoms. The van der Waals surface area contributed by atoms with E-state index < -0.39 is 5.41 Å². The second-order valence-electron chi connectivity index (χ2n) is 20.3. The van der Waals surface area contributed by atoms with Crippen LogP contribution in [0.25, 0.3) is 86.3 Å². The molecule has 0 saturated heterocycles. The molecule has 0 amide bonds. The summed E-state index contributed by atoms with van der Waals surface area (Å²) in [4.78, 5) is 5.73. The van der Waals surface area contributed by atoms with E-state index in [0.29, 0.717) is 0 Å². The number of fused-ring (bicyclic) bond motifs is 13. The van der Waals surface area contributed by atoms with Gasteiger partial charge in [0.2, 0.25) is 0 Å². The topological polar surface area (TPSA) is 32.8 Å². The zero-order valence-corrected chi connectivity index (χ0v) is 43.0. The van der Waals surface area contributed by atoms with Crippen molar-refractivity contribution in [2.24, 2.45) is 0 Å². The van der Waals surface area contributed by atoms with Crippen molar-refractivity contribution in [2.45, 2.75) is 5.41 Å². The minimum absolute atomic E-state index is 0.553. The van der Waals surface area contributed by atoms with Crippen LogP contribution in [0.4, 0.5) is 34.1 Å². The Hall–Kier alpha value is -9.94. The van der Waals surface area contributed by atoms with E-state index in [4.69, 9.17) is 8.83 Å². The van der Waals surface area contributed by atoms with E-state index in [0.717, 1.165) is 93.8 Å². The van der Waals surface area contributed by atoms with Gasteiger partial charge >= 0.3 is 0 Å². The predicted octanol–water partition coefficient (Wildman–Crippen LogP) is 20.8. The van der Waals surface area contributed by atoms with Gasteiger partial charge in [0.25, 0.3) is 0 Å². The van der Waals surface area contributed by atoms with Crippen LogP contribution in [0.5, 0.6) is 0 Å². The van der Waals surface area contributed by atoms with Gasteiger partial charge in [-0.05, 0) is 129 Å². The number of rotatable bonds is 9. The molecule has 1 aliphatic rings. The zero-order chi connectivity index (χ0) is 51.3. The smallest absolute Gasteiger partial charge is 0.190 e. The van der Waals surface area contributed by atoms with Crippen LogP contribution in [0.2, 0.25) is 0 Å². The first kappa shape index (κ1) is 44.4. The minimum atomic E-state index is -0.553. The van der Waals surface area contributed by atoms with Crippen LogP contribution in [0, 0.1) is 0 Å². The Balaban J connectivity index is 0.907. The molecule has 0 fully saturated rings. The third-order valence-electron chi connectivity index (χ3n) is 16.1. The Morgan fingerprint density at radius 2 is 0.859 bits per heavy atom. The molecule has 5 heteroatoms. The van der Waals surface area contributed by atoms with Crippen molar-refractivity contribution in [3.05, 3.63) is 301 Å². The molecule has 0 aliphatic heterocycles. The van der Waals surface area contributed by atoms with E-state index in [2.05, 4.69) is 277 Å². The summed E-state index contributed by atoms with van der Waals surface area (Å²) in [5.74, 6) is 0. The van der Waals surface area contributed by atoms with Gasteiger partial charge in [-0.15, -0.1) is 0 Å². The van der Waals surface area contributed by atoms with Gasteiger partial charge in [0, 0.05) is 70.8 Å². The summed E-state index contributed by atoms with van der Waals surface area (Å²) < 4.78 is 14.5. The molecule has 3 heterocycles. The molecule has 0 saturated carbocycles. The average Bonchev–Trinajstić information content (AvgIpc) is 4.40. The lowest BCUT2D eigenvalue weighted by Gasteiger charge is -2.35. The average molecular weight is 1020 g/mol. The number of benzene rings is 12. The molecule has 0 radical (unpaired) electrons. The number of hydrogen-bond donors (Lipinski definition) is 0. The molecule has 0 atom stereocenters. The van der Waals surface area contributed by atoms with Crippen LogP contribution < -0.4 is 9.80 Å². The van der Waals surface area contributed by atoms with Crippen molar-refractivity contribution in [1.29, 1.82) is 0 Å². The standard InChI is InChI=1S/C73H46N2O2S/c1-5-22-48(23-6-1)73(49-24-7-2-8-25-49)63-36-17-15-31-56(63)57-41-39-54(45-64(57)73)75(51-28-11-4-12-29-51)65-46-62-70-69-55(35-20-38-68(69)77-72(70)78-71(62)60-34-14-13-32-58(60)65)47-21-19-30-52(43-47)74(50-26-9-3-10-27-50)53-40-42-67-61(44-53)59-33-16-18-37-66(59)76-67/h1-46H. The van der Waals surface area contributed by atoms with Crippen LogP contribution in [0.3, 0.4) is 0 Å². The third-order valence-corrected chi connectivity index (χ3v) is 17.2. The number of nitrogens with zero attached hydrogens (tertiary/aromatic N) is 2. The maximum Gasteiger partial charge on any atom is 0.190 e. The highest BCUT2D eigenvalue weighted by Crippen LogP contribution is 2.58. The van der Waals surface area contributed by atoms with Crippen LogP contribution in [-0.4, -0.2) is 0 Å². The molecular formula is C73H46N2O2S. The quantitative estimate of drug-likeness (QED) is 0.144. The minimum Gasteiger partial charge on any atom is -0.456 e. The van der Waals surface area contributed by atoms with Gasteiger partial charge in [0.15, 0.2) is 4.90 Å². The zero-order valence-electron chi connectivity index (χ0n) is 42.2. The fourth-order valence-corrected chi connectivity index (χ4v) is 14.0. The SMILES string of the molecule is c1ccc(N(c2cccc(-c3cccc4oc5sc6c7ccccc7c(N(c7ccccc7)c7ccc8c(c7)C(c7ccccc7)(c7ccccc7)c7ccccc7-8)cc6c5c34)c2)c2ccc3oc4ccccc4c3c2)cc1. The van der Waals surface area contributed by atoms with E-state index >= 15 is 0 Å². The number of furan rings is 2. The third kappa shape index (κ3) is 6.65. The highest BCUT2D eigenvalue weighted by molar-refractivity contribution is 7.26. The van der Waals surface area contributed by atoms with Crippen LogP contribution >= 0.6 is 11.3 Å². The van der Waals surface area contributed by atoms with E-state index in [9.17, 15) is 0 Å². The molecule has 4 nitrogen and oxygen atoms in total. The second kappa shape index (κ2) is 17.6. The van der Waals surface area contributed by atoms with Gasteiger partial charge in [-0.25, -0.2) is 0 Å². The molecule has 1 aliphatic carbocycles. The Kier molecular flexibility index (Phi) is 9.99. The van der Waals surface area contributed by atoms with Gasteiger partial charge in [-0.2, -0.15) is 0 Å². The lowest BCUT2D eigenvalue weighted by Crippen LogP contribution is -2.28. The summed E-state index contributed by atoms with van der Waals surface area (Å²) in [6.45, 7) is 0. The largest absolute Gasteiger partial charge is 0.456 e. The van der Waals surface area contributed by atoms with Crippen molar-refractivity contribution in [2.75, 3.05) is 9.80 Å². The maximum absolute atomic E-state index is 6.98. The summed E-state index contributed by atoms with van der Waals surface area (Å²) in [5, 5.41) is 7.93. The number of para-hydroxylation sites is 3. The molecule has 12 aromatic carbocycles. The Labute approximate surface area is 454 Å². The summed E-state index contributed by atoms with van der Waals surface area (Å²) in [7, 11) is 0. The molecule has 0 N–H and O–H groups in total. The molecule has 0 spiro atoms. The Morgan fingerprint density at radius 3 is 1.63 bits per heavy atom. The number of thiophene rings is 1. The van der Waals surface area contributed by atoms with Gasteiger partial charge in [-0.1, -0.05) is 205 Å². The van der Waals surface area contributed by atoms with Crippen molar-refractivity contribution < 1.29 is 8.83 Å². The van der Waals surface area contributed by atoms with Gasteiger partial charge in [-0.3, -0.25) is 0 Å². The molecule has 0 unspecified atom stereocenters. The van der Waals surface area contributed by atoms with Crippen molar-refractivity contribution in [3.63, 3.8) is 0 Å². The molecule has 15 aromatic rings. The summed E-state index contributed by atoms with van der Waals surface area (Å²) in [6, 6.07) is 101. The lowest BCUT2D eigenvalue weighted by molar-refractivity contribution is 0.669. The van der Waals surface area contributed by atoms with Gasteiger partial charge < -0.3 is 18.6 Å². The molecule has 16 rings (SSSR count). The number of anilines is 6. The fraction of sp³-hybridized carbons (Fsp3) is 0.0137.